The Morgan fingerprint density at radius 2 is 2.14 bits per heavy atom. The highest BCUT2D eigenvalue weighted by Crippen LogP contribution is 2.25. The molecule has 0 radical (unpaired) electrons. The van der Waals surface area contributed by atoms with Gasteiger partial charge in [0.05, 0.1) is 23.9 Å². The van der Waals surface area contributed by atoms with E-state index in [4.69, 9.17) is 4.74 Å². The van der Waals surface area contributed by atoms with Crippen molar-refractivity contribution in [2.75, 3.05) is 12.9 Å². The zero-order valence-corrected chi connectivity index (χ0v) is 16.7. The molecule has 2 aromatic carbocycles. The number of aromatic amines is 1. The van der Waals surface area contributed by atoms with Crippen molar-refractivity contribution in [2.45, 2.75) is 11.2 Å². The summed E-state index contributed by atoms with van der Waals surface area (Å²) in [5.41, 5.74) is 2.73. The number of carbonyl (C=O) groups excluding carboxylic acids is 1. The van der Waals surface area contributed by atoms with Crippen LogP contribution in [-0.4, -0.2) is 33.7 Å². The number of imidazole rings is 1. The lowest BCUT2D eigenvalue weighted by molar-refractivity contribution is -0.119. The monoisotopic (exact) mass is 410 g/mol. The largest absolute Gasteiger partial charge is 0.497 e. The summed E-state index contributed by atoms with van der Waals surface area (Å²) >= 11 is 2.89. The first-order valence-corrected chi connectivity index (χ1v) is 10.5. The van der Waals surface area contributed by atoms with Gasteiger partial charge in [-0.25, -0.2) is 9.97 Å². The summed E-state index contributed by atoms with van der Waals surface area (Å²) < 4.78 is 5.23. The quantitative estimate of drug-likeness (QED) is 0.450. The van der Waals surface area contributed by atoms with Crippen LogP contribution < -0.4 is 10.1 Å². The van der Waals surface area contributed by atoms with Gasteiger partial charge in [-0.15, -0.1) is 11.3 Å². The number of methoxy groups -OCH3 is 1. The van der Waals surface area contributed by atoms with Crippen molar-refractivity contribution in [3.05, 3.63) is 70.7 Å². The van der Waals surface area contributed by atoms with Gasteiger partial charge in [0.1, 0.15) is 16.8 Å². The summed E-state index contributed by atoms with van der Waals surface area (Å²) in [5, 5.41) is 6.56. The lowest BCUT2D eigenvalue weighted by Crippen LogP contribution is -2.30. The van der Waals surface area contributed by atoms with Gasteiger partial charge in [0.15, 0.2) is 5.16 Å². The van der Waals surface area contributed by atoms with Crippen molar-refractivity contribution < 1.29 is 9.53 Å². The Morgan fingerprint density at radius 1 is 1.29 bits per heavy atom. The Hall–Kier alpha value is -2.84. The molecule has 1 amide bonds. The first-order valence-electron chi connectivity index (χ1n) is 8.63. The number of nitrogens with one attached hydrogen (secondary N) is 2. The van der Waals surface area contributed by atoms with Crippen molar-refractivity contribution in [1.29, 1.82) is 0 Å². The fourth-order valence-electron chi connectivity index (χ4n) is 2.81. The first-order chi connectivity index (χ1) is 13.7. The van der Waals surface area contributed by atoms with E-state index < -0.39 is 0 Å². The Balaban J connectivity index is 1.44. The van der Waals surface area contributed by atoms with E-state index in [1.807, 2.05) is 53.9 Å². The maximum atomic E-state index is 12.6. The fraction of sp³-hybridized carbons (Fsp3) is 0.150. The van der Waals surface area contributed by atoms with Crippen molar-refractivity contribution in [3.8, 4) is 5.75 Å². The van der Waals surface area contributed by atoms with Crippen LogP contribution in [0.1, 0.15) is 16.6 Å². The van der Waals surface area contributed by atoms with Crippen LogP contribution in [0.2, 0.25) is 0 Å². The van der Waals surface area contributed by atoms with Crippen molar-refractivity contribution in [3.63, 3.8) is 0 Å². The van der Waals surface area contributed by atoms with Gasteiger partial charge in [-0.05, 0) is 17.7 Å². The van der Waals surface area contributed by atoms with Gasteiger partial charge in [-0.2, -0.15) is 0 Å². The molecule has 0 spiro atoms. The molecule has 0 aliphatic carbocycles. The third-order valence-corrected chi connectivity index (χ3v) is 5.86. The molecule has 0 saturated carbocycles. The predicted octanol–water partition coefficient (Wildman–Crippen LogP) is 4.03. The zero-order valence-electron chi connectivity index (χ0n) is 15.1. The average molecular weight is 411 g/mol. The van der Waals surface area contributed by atoms with Crippen molar-refractivity contribution in [1.82, 2.24) is 20.3 Å². The molecule has 2 N–H and O–H groups in total. The molecule has 8 heteroatoms. The summed E-state index contributed by atoms with van der Waals surface area (Å²) in [5.74, 6) is 0.942. The van der Waals surface area contributed by atoms with Crippen LogP contribution in [0.3, 0.4) is 0 Å². The van der Waals surface area contributed by atoms with Gasteiger partial charge in [0, 0.05) is 17.6 Å². The maximum Gasteiger partial charge on any atom is 0.231 e. The number of aromatic nitrogens is 3. The number of fused-ring (bicyclic) bond motifs is 1. The number of hydrogen-bond donors (Lipinski definition) is 2. The molecule has 0 bridgehead atoms. The maximum absolute atomic E-state index is 12.6. The minimum absolute atomic E-state index is 0.0768. The first kappa shape index (κ1) is 18.5. The van der Waals surface area contributed by atoms with Crippen LogP contribution in [0.25, 0.3) is 11.0 Å². The highest BCUT2D eigenvalue weighted by molar-refractivity contribution is 7.99. The van der Waals surface area contributed by atoms with Crippen LogP contribution in [-0.2, 0) is 4.79 Å². The highest BCUT2D eigenvalue weighted by Gasteiger charge is 2.19. The van der Waals surface area contributed by atoms with Crippen LogP contribution in [0.4, 0.5) is 0 Å². The van der Waals surface area contributed by atoms with Crippen molar-refractivity contribution in [2.24, 2.45) is 0 Å². The molecule has 0 aliphatic rings. The molecular formula is C20H18N4O2S2. The Morgan fingerprint density at radius 3 is 2.89 bits per heavy atom. The molecule has 6 nitrogen and oxygen atoms in total. The van der Waals surface area contributed by atoms with Crippen LogP contribution in [0.15, 0.2) is 65.3 Å². The predicted molar refractivity (Wildman–Crippen MR) is 112 cm³/mol. The third-order valence-electron chi connectivity index (χ3n) is 4.14. The van der Waals surface area contributed by atoms with Crippen molar-refractivity contribution >= 4 is 40.0 Å². The van der Waals surface area contributed by atoms with Gasteiger partial charge in [0.25, 0.3) is 0 Å². The second kappa shape index (κ2) is 8.45. The smallest absolute Gasteiger partial charge is 0.231 e. The fourth-order valence-corrected chi connectivity index (χ4v) is 4.22. The molecule has 142 valence electrons. The average Bonchev–Trinajstić information content (AvgIpc) is 3.40. The van der Waals surface area contributed by atoms with Gasteiger partial charge in [-0.3, -0.25) is 4.79 Å². The number of hydrogen-bond acceptors (Lipinski definition) is 6. The minimum atomic E-state index is -0.255. The standard InChI is InChI=1S/C20H18N4O2S2/c1-26-14-7-8-15-16(11-14)23-20(22-15)28-12-17(25)24-18(19-21-9-10-27-19)13-5-3-2-4-6-13/h2-11,18H,12H2,1H3,(H,22,23)(H,24,25). The molecule has 1 atom stereocenters. The molecular weight excluding hydrogens is 392 g/mol. The van der Waals surface area contributed by atoms with E-state index in [1.54, 1.807) is 13.3 Å². The highest BCUT2D eigenvalue weighted by atomic mass is 32.2. The summed E-state index contributed by atoms with van der Waals surface area (Å²) in [4.78, 5) is 24.7. The second-order valence-electron chi connectivity index (χ2n) is 6.00. The summed E-state index contributed by atoms with van der Waals surface area (Å²) in [6.45, 7) is 0. The van der Waals surface area contributed by atoms with E-state index in [1.165, 1.54) is 23.1 Å². The molecule has 0 fully saturated rings. The van der Waals surface area contributed by atoms with Gasteiger partial charge in [0.2, 0.25) is 5.91 Å². The summed E-state index contributed by atoms with van der Waals surface area (Å²) in [6, 6.07) is 15.2. The van der Waals surface area contributed by atoms with Crippen LogP contribution >= 0.6 is 23.1 Å². The van der Waals surface area contributed by atoms with Gasteiger partial charge in [-0.1, -0.05) is 42.1 Å². The van der Waals surface area contributed by atoms with E-state index in [2.05, 4.69) is 20.3 Å². The summed E-state index contributed by atoms with van der Waals surface area (Å²) in [6.07, 6.45) is 1.75. The minimum Gasteiger partial charge on any atom is -0.497 e. The lowest BCUT2D eigenvalue weighted by Gasteiger charge is -2.16. The number of thiazole rings is 1. The number of nitrogens with zero attached hydrogens (tertiary/aromatic N) is 2. The number of carbonyl (C=O) groups is 1. The topological polar surface area (TPSA) is 79.9 Å². The van der Waals surface area contributed by atoms with E-state index >= 15 is 0 Å². The normalized spacial score (nSPS) is 12.0. The van der Waals surface area contributed by atoms with E-state index in [0.29, 0.717) is 5.16 Å². The summed E-state index contributed by atoms with van der Waals surface area (Å²) in [7, 11) is 1.63. The van der Waals surface area contributed by atoms with Crippen LogP contribution in [0, 0.1) is 0 Å². The molecule has 1 unspecified atom stereocenters. The number of ether oxygens (including phenoxy) is 1. The zero-order chi connectivity index (χ0) is 19.3. The number of rotatable bonds is 7. The van der Waals surface area contributed by atoms with E-state index in [9.17, 15) is 4.79 Å². The SMILES string of the molecule is COc1ccc2nc(SCC(=O)NC(c3ccccc3)c3nccs3)[nH]c2c1. The third kappa shape index (κ3) is 4.18. The number of amides is 1. The molecule has 4 rings (SSSR count). The number of benzene rings is 2. The molecule has 2 aromatic heterocycles. The molecule has 0 saturated heterocycles. The number of H-pyrrole nitrogens is 1. The number of thioether (sulfide) groups is 1. The van der Waals surface area contributed by atoms with Crippen LogP contribution in [0.5, 0.6) is 5.75 Å². The lowest BCUT2D eigenvalue weighted by atomic mass is 10.1. The molecule has 4 aromatic rings. The Bertz CT molecular complexity index is 1060. The molecule has 28 heavy (non-hydrogen) atoms. The van der Waals surface area contributed by atoms with E-state index in [0.717, 1.165) is 27.4 Å². The van der Waals surface area contributed by atoms with Gasteiger partial charge >= 0.3 is 0 Å². The molecule has 2 heterocycles. The second-order valence-corrected chi connectivity index (χ2v) is 7.89. The Labute approximate surface area is 170 Å². The van der Waals surface area contributed by atoms with Gasteiger partial charge < -0.3 is 15.0 Å². The van der Waals surface area contributed by atoms with E-state index in [-0.39, 0.29) is 17.7 Å². The molecule has 0 aliphatic heterocycles. The Kier molecular flexibility index (Phi) is 5.59.